The molecule has 2 rings (SSSR count). The summed E-state index contributed by atoms with van der Waals surface area (Å²) in [4.78, 5) is 2.33. The number of rotatable bonds is 7. The van der Waals surface area contributed by atoms with Gasteiger partial charge in [-0.1, -0.05) is 41.7 Å². The summed E-state index contributed by atoms with van der Waals surface area (Å²) < 4.78 is 0.816. The van der Waals surface area contributed by atoms with Crippen LogP contribution in [0.2, 0.25) is 0 Å². The highest BCUT2D eigenvalue weighted by Crippen LogP contribution is 2.19. The summed E-state index contributed by atoms with van der Waals surface area (Å²) in [5.41, 5.74) is 1.35. The number of aromatic nitrogens is 2. The van der Waals surface area contributed by atoms with Gasteiger partial charge in [0.1, 0.15) is 0 Å². The van der Waals surface area contributed by atoms with Gasteiger partial charge in [0.2, 0.25) is 5.13 Å². The molecule has 0 aliphatic heterocycles. The van der Waals surface area contributed by atoms with Crippen LogP contribution in [0.5, 0.6) is 0 Å². The van der Waals surface area contributed by atoms with E-state index in [1.54, 1.807) is 0 Å². The van der Waals surface area contributed by atoms with Gasteiger partial charge in [0, 0.05) is 13.1 Å². The van der Waals surface area contributed by atoms with Crippen molar-refractivity contribution in [1.82, 2.24) is 15.1 Å². The molecular formula is C13H17BrN4S. The first-order valence-electron chi connectivity index (χ1n) is 6.19. The molecule has 0 radical (unpaired) electrons. The highest BCUT2D eigenvalue weighted by Gasteiger charge is 2.02. The Morgan fingerprint density at radius 1 is 1.26 bits per heavy atom. The Kier molecular flexibility index (Phi) is 5.75. The molecule has 1 aromatic carbocycles. The predicted octanol–water partition coefficient (Wildman–Crippen LogP) is 3.23. The van der Waals surface area contributed by atoms with E-state index >= 15 is 0 Å². The molecule has 0 unspecified atom stereocenters. The van der Waals surface area contributed by atoms with Gasteiger partial charge < -0.3 is 10.2 Å². The SMILES string of the molecule is CN(CCCNc1nnc(Br)s1)Cc1ccccc1. The molecule has 0 saturated carbocycles. The molecule has 19 heavy (non-hydrogen) atoms. The number of hydrogen-bond acceptors (Lipinski definition) is 5. The highest BCUT2D eigenvalue weighted by atomic mass is 79.9. The van der Waals surface area contributed by atoms with E-state index in [0.29, 0.717) is 0 Å². The maximum absolute atomic E-state index is 4.00. The third kappa shape index (κ3) is 5.26. The third-order valence-corrected chi connectivity index (χ3v) is 4.00. The Bertz CT molecular complexity index is 488. The molecule has 0 atom stereocenters. The van der Waals surface area contributed by atoms with Crippen molar-refractivity contribution in [3.8, 4) is 0 Å². The van der Waals surface area contributed by atoms with Crippen LogP contribution in [0.15, 0.2) is 34.2 Å². The lowest BCUT2D eigenvalue weighted by atomic mass is 10.2. The van der Waals surface area contributed by atoms with Crippen molar-refractivity contribution in [1.29, 1.82) is 0 Å². The van der Waals surface area contributed by atoms with Crippen molar-refractivity contribution in [3.05, 3.63) is 39.8 Å². The fourth-order valence-corrected chi connectivity index (χ4v) is 2.83. The first-order valence-corrected chi connectivity index (χ1v) is 7.80. The lowest BCUT2D eigenvalue weighted by Gasteiger charge is -2.16. The average molecular weight is 341 g/mol. The number of hydrogen-bond donors (Lipinski definition) is 1. The molecule has 0 fully saturated rings. The van der Waals surface area contributed by atoms with Crippen molar-refractivity contribution >= 4 is 32.4 Å². The topological polar surface area (TPSA) is 41.0 Å². The van der Waals surface area contributed by atoms with Gasteiger partial charge in [-0.3, -0.25) is 0 Å². The molecular weight excluding hydrogens is 324 g/mol. The number of anilines is 1. The van der Waals surface area contributed by atoms with Crippen molar-refractivity contribution in [2.75, 3.05) is 25.5 Å². The Morgan fingerprint density at radius 2 is 2.05 bits per heavy atom. The van der Waals surface area contributed by atoms with Gasteiger partial charge >= 0.3 is 0 Å². The van der Waals surface area contributed by atoms with Crippen molar-refractivity contribution < 1.29 is 0 Å². The standard InChI is InChI=1S/C13H17BrN4S/c1-18(10-11-6-3-2-4-7-11)9-5-8-15-13-17-16-12(14)19-13/h2-4,6-7H,5,8-10H2,1H3,(H,15,17). The zero-order valence-electron chi connectivity index (χ0n) is 10.8. The van der Waals surface area contributed by atoms with Crippen LogP contribution in [-0.2, 0) is 6.54 Å². The monoisotopic (exact) mass is 340 g/mol. The Balaban J connectivity index is 1.63. The van der Waals surface area contributed by atoms with E-state index in [0.717, 1.165) is 35.1 Å². The molecule has 1 N–H and O–H groups in total. The predicted molar refractivity (Wildman–Crippen MR) is 83.5 cm³/mol. The summed E-state index contributed by atoms with van der Waals surface area (Å²) in [6.45, 7) is 2.97. The molecule has 0 saturated heterocycles. The molecule has 6 heteroatoms. The molecule has 0 aliphatic carbocycles. The van der Waals surface area contributed by atoms with E-state index in [4.69, 9.17) is 0 Å². The summed E-state index contributed by atoms with van der Waals surface area (Å²) in [6.07, 6.45) is 1.08. The molecule has 102 valence electrons. The number of halogens is 1. The Labute approximate surface area is 126 Å². The minimum absolute atomic E-state index is 0.816. The van der Waals surface area contributed by atoms with Gasteiger partial charge in [0.05, 0.1) is 0 Å². The Hall–Kier alpha value is -0.980. The van der Waals surface area contributed by atoms with E-state index < -0.39 is 0 Å². The minimum Gasteiger partial charge on any atom is -0.360 e. The largest absolute Gasteiger partial charge is 0.360 e. The molecule has 0 bridgehead atoms. The van der Waals surface area contributed by atoms with Crippen molar-refractivity contribution in [2.45, 2.75) is 13.0 Å². The molecule has 1 heterocycles. The van der Waals surface area contributed by atoms with Crippen LogP contribution < -0.4 is 5.32 Å². The first kappa shape index (κ1) is 14.4. The fraction of sp³-hybridized carbons (Fsp3) is 0.385. The number of nitrogens with one attached hydrogen (secondary N) is 1. The van der Waals surface area contributed by atoms with Crippen molar-refractivity contribution in [2.24, 2.45) is 0 Å². The fourth-order valence-electron chi connectivity index (χ4n) is 1.80. The van der Waals surface area contributed by atoms with Crippen LogP contribution in [0.25, 0.3) is 0 Å². The summed E-state index contributed by atoms with van der Waals surface area (Å²) in [7, 11) is 2.15. The van der Waals surface area contributed by atoms with Gasteiger partial charge in [-0.05, 0) is 41.5 Å². The second-order valence-electron chi connectivity index (χ2n) is 4.36. The normalized spacial score (nSPS) is 10.9. The molecule has 4 nitrogen and oxygen atoms in total. The van der Waals surface area contributed by atoms with Gasteiger partial charge in [0.15, 0.2) is 3.92 Å². The zero-order chi connectivity index (χ0) is 13.5. The van der Waals surface area contributed by atoms with Crippen molar-refractivity contribution in [3.63, 3.8) is 0 Å². The van der Waals surface area contributed by atoms with E-state index in [1.165, 1.54) is 16.9 Å². The molecule has 1 aromatic heterocycles. The maximum Gasteiger partial charge on any atom is 0.206 e. The molecule has 0 aliphatic rings. The first-order chi connectivity index (χ1) is 9.24. The second-order valence-corrected chi connectivity index (χ2v) is 6.62. The maximum atomic E-state index is 4.00. The summed E-state index contributed by atoms with van der Waals surface area (Å²) in [6, 6.07) is 10.5. The van der Waals surface area contributed by atoms with Gasteiger partial charge in [-0.25, -0.2) is 0 Å². The molecule has 2 aromatic rings. The summed E-state index contributed by atoms with van der Waals surface area (Å²) in [5.74, 6) is 0. The number of nitrogens with zero attached hydrogens (tertiary/aromatic N) is 3. The van der Waals surface area contributed by atoms with Crippen LogP contribution in [-0.4, -0.2) is 35.2 Å². The number of benzene rings is 1. The van der Waals surface area contributed by atoms with Crippen LogP contribution in [0.4, 0.5) is 5.13 Å². The third-order valence-electron chi connectivity index (χ3n) is 2.69. The van der Waals surface area contributed by atoms with Gasteiger partial charge in [-0.15, -0.1) is 10.2 Å². The van der Waals surface area contributed by atoms with E-state index in [1.807, 2.05) is 6.07 Å². The highest BCUT2D eigenvalue weighted by molar-refractivity contribution is 9.11. The summed E-state index contributed by atoms with van der Waals surface area (Å²) in [5, 5.41) is 12.0. The van der Waals surface area contributed by atoms with E-state index in [9.17, 15) is 0 Å². The van der Waals surface area contributed by atoms with Crippen LogP contribution >= 0.6 is 27.3 Å². The van der Waals surface area contributed by atoms with E-state index in [2.05, 4.69) is 67.7 Å². The van der Waals surface area contributed by atoms with Crippen LogP contribution in [0.3, 0.4) is 0 Å². The average Bonchev–Trinajstić information content (AvgIpc) is 2.82. The van der Waals surface area contributed by atoms with Crippen LogP contribution in [0, 0.1) is 0 Å². The second kappa shape index (κ2) is 7.57. The van der Waals surface area contributed by atoms with Crippen LogP contribution in [0.1, 0.15) is 12.0 Å². The van der Waals surface area contributed by atoms with Gasteiger partial charge in [-0.2, -0.15) is 0 Å². The lowest BCUT2D eigenvalue weighted by Crippen LogP contribution is -2.21. The smallest absolute Gasteiger partial charge is 0.206 e. The summed E-state index contributed by atoms with van der Waals surface area (Å²) >= 11 is 4.82. The lowest BCUT2D eigenvalue weighted by molar-refractivity contribution is 0.325. The molecule has 0 amide bonds. The quantitative estimate of drug-likeness (QED) is 0.785. The van der Waals surface area contributed by atoms with E-state index in [-0.39, 0.29) is 0 Å². The minimum atomic E-state index is 0.816. The van der Waals surface area contributed by atoms with Gasteiger partial charge in [0.25, 0.3) is 0 Å². The molecule has 0 spiro atoms. The zero-order valence-corrected chi connectivity index (χ0v) is 13.2. The Morgan fingerprint density at radius 3 is 2.74 bits per heavy atom.